The summed E-state index contributed by atoms with van der Waals surface area (Å²) in [5, 5.41) is 43.0. The molecule has 130 valence electrons. The van der Waals surface area contributed by atoms with Crippen molar-refractivity contribution in [2.24, 2.45) is 0 Å². The van der Waals surface area contributed by atoms with Crippen LogP contribution in [0.4, 0.5) is 5.69 Å². The molecule has 5 atom stereocenters. The number of ether oxygens (including phenoxy) is 2. The second kappa shape index (κ2) is 6.88. The maximum atomic E-state index is 10.2. The van der Waals surface area contributed by atoms with Crippen molar-refractivity contribution in [1.29, 1.82) is 0 Å². The summed E-state index contributed by atoms with van der Waals surface area (Å²) >= 11 is 0. The first-order chi connectivity index (χ1) is 11.5. The summed E-state index contributed by atoms with van der Waals surface area (Å²) in [6.45, 7) is -0.498. The monoisotopic (exact) mass is 336 g/mol. The molecule has 8 nitrogen and oxygen atoms in total. The first-order valence-electron chi connectivity index (χ1n) is 7.55. The maximum absolute atomic E-state index is 10.2. The third kappa shape index (κ3) is 3.14. The van der Waals surface area contributed by atoms with Crippen molar-refractivity contribution in [2.75, 3.05) is 19.0 Å². The summed E-state index contributed by atoms with van der Waals surface area (Å²) in [5.74, 6) is 0.474. The molecular formula is C16H20N2O6. The van der Waals surface area contributed by atoms with Crippen LogP contribution in [-0.4, -0.2) is 69.8 Å². The van der Waals surface area contributed by atoms with E-state index in [0.717, 1.165) is 5.39 Å². The van der Waals surface area contributed by atoms with Gasteiger partial charge >= 0.3 is 0 Å². The van der Waals surface area contributed by atoms with Gasteiger partial charge in [0.2, 0.25) is 5.88 Å². The summed E-state index contributed by atoms with van der Waals surface area (Å²) in [5.41, 5.74) is 1.26. The van der Waals surface area contributed by atoms with Crippen molar-refractivity contribution in [2.45, 2.75) is 30.6 Å². The number of hydrogen-bond donors (Lipinski definition) is 5. The van der Waals surface area contributed by atoms with Crippen molar-refractivity contribution in [3.05, 3.63) is 30.3 Å². The minimum absolute atomic E-state index is 0.474. The van der Waals surface area contributed by atoms with Gasteiger partial charge in [-0.1, -0.05) is 6.07 Å². The molecule has 1 aliphatic heterocycles. The van der Waals surface area contributed by atoms with Gasteiger partial charge in [-0.3, -0.25) is 0 Å². The second-order valence-electron chi connectivity index (χ2n) is 5.66. The van der Waals surface area contributed by atoms with Gasteiger partial charge in [0.25, 0.3) is 0 Å². The van der Waals surface area contributed by atoms with Crippen LogP contribution in [0.3, 0.4) is 0 Å². The predicted octanol–water partition coefficient (Wildman–Crippen LogP) is -0.545. The van der Waals surface area contributed by atoms with E-state index in [-0.39, 0.29) is 0 Å². The highest BCUT2D eigenvalue weighted by Gasteiger charge is 2.43. The van der Waals surface area contributed by atoms with E-state index in [9.17, 15) is 15.3 Å². The minimum Gasteiger partial charge on any atom is -0.481 e. The van der Waals surface area contributed by atoms with Crippen molar-refractivity contribution < 1.29 is 29.9 Å². The number of rotatable bonds is 4. The largest absolute Gasteiger partial charge is 0.481 e. The topological polar surface area (TPSA) is 124 Å². The molecule has 0 amide bonds. The van der Waals surface area contributed by atoms with Crippen LogP contribution in [-0.2, 0) is 4.74 Å². The van der Waals surface area contributed by atoms with E-state index in [2.05, 4.69) is 10.3 Å². The molecule has 3 rings (SSSR count). The number of methoxy groups -OCH3 is 1. The van der Waals surface area contributed by atoms with Crippen LogP contribution in [0.1, 0.15) is 0 Å². The van der Waals surface area contributed by atoms with Gasteiger partial charge in [0.1, 0.15) is 24.4 Å². The fourth-order valence-corrected chi connectivity index (χ4v) is 2.75. The molecule has 1 saturated heterocycles. The predicted molar refractivity (Wildman–Crippen MR) is 85.7 cm³/mol. The lowest BCUT2D eigenvalue weighted by molar-refractivity contribution is -0.245. The van der Waals surface area contributed by atoms with Crippen molar-refractivity contribution >= 4 is 16.6 Å². The van der Waals surface area contributed by atoms with Gasteiger partial charge in [-0.15, -0.1) is 0 Å². The number of anilines is 1. The molecule has 0 aliphatic carbocycles. The zero-order valence-electron chi connectivity index (χ0n) is 13.0. The van der Waals surface area contributed by atoms with Crippen LogP contribution in [0.25, 0.3) is 10.9 Å². The van der Waals surface area contributed by atoms with E-state index in [1.165, 1.54) is 7.11 Å². The molecule has 2 heterocycles. The molecule has 3 unspecified atom stereocenters. The Labute approximate surface area is 138 Å². The fraction of sp³-hybridized carbons (Fsp3) is 0.438. The van der Waals surface area contributed by atoms with E-state index in [4.69, 9.17) is 14.6 Å². The van der Waals surface area contributed by atoms with Crippen LogP contribution in [0, 0.1) is 0 Å². The van der Waals surface area contributed by atoms with E-state index in [1.54, 1.807) is 18.2 Å². The number of nitrogens with one attached hydrogen (secondary N) is 1. The molecule has 8 heteroatoms. The average Bonchev–Trinajstić information content (AvgIpc) is 2.61. The Morgan fingerprint density at radius 1 is 1.17 bits per heavy atom. The van der Waals surface area contributed by atoms with Gasteiger partial charge < -0.3 is 35.2 Å². The molecule has 0 spiro atoms. The summed E-state index contributed by atoms with van der Waals surface area (Å²) in [6.07, 6.45) is -5.03. The molecule has 1 aromatic carbocycles. The second-order valence-corrected chi connectivity index (χ2v) is 5.66. The third-order valence-electron chi connectivity index (χ3n) is 4.11. The highest BCUT2D eigenvalue weighted by Crippen LogP contribution is 2.25. The number of aliphatic hydroxyl groups excluding tert-OH is 4. The van der Waals surface area contributed by atoms with Gasteiger partial charge in [-0.25, -0.2) is 4.98 Å². The van der Waals surface area contributed by atoms with Crippen LogP contribution < -0.4 is 10.1 Å². The molecule has 2 aromatic rings. The highest BCUT2D eigenvalue weighted by atomic mass is 16.6. The zero-order chi connectivity index (χ0) is 17.3. The lowest BCUT2D eigenvalue weighted by Crippen LogP contribution is -2.61. The van der Waals surface area contributed by atoms with Crippen molar-refractivity contribution in [3.63, 3.8) is 0 Å². The van der Waals surface area contributed by atoms with Gasteiger partial charge in [-0.05, 0) is 18.2 Å². The SMILES string of the molecule is COc1ccc2ccc(NC3C(O)OC(CO)[C@@H](O)[C@@H]3O)cc2n1. The Morgan fingerprint density at radius 2 is 1.92 bits per heavy atom. The van der Waals surface area contributed by atoms with E-state index < -0.39 is 37.3 Å². The van der Waals surface area contributed by atoms with Gasteiger partial charge in [0.15, 0.2) is 6.29 Å². The van der Waals surface area contributed by atoms with Crippen molar-refractivity contribution in [1.82, 2.24) is 4.98 Å². The average molecular weight is 336 g/mol. The van der Waals surface area contributed by atoms with Crippen LogP contribution in [0.2, 0.25) is 0 Å². The standard InChI is InChI=1S/C16H20N2O6/c1-23-12-5-3-8-2-4-9(6-10(8)18-12)17-13-15(21)14(20)11(7-19)24-16(13)22/h2-6,11,13-17,19-22H,7H2,1H3/t11?,13?,14-,15-,16?/m1/s1. The summed E-state index contributed by atoms with van der Waals surface area (Å²) in [6, 6.07) is 8.00. The lowest BCUT2D eigenvalue weighted by Gasteiger charge is -2.40. The first-order valence-corrected chi connectivity index (χ1v) is 7.55. The zero-order valence-corrected chi connectivity index (χ0v) is 13.0. The molecule has 5 N–H and O–H groups in total. The third-order valence-corrected chi connectivity index (χ3v) is 4.11. The Hall–Kier alpha value is -1.97. The highest BCUT2D eigenvalue weighted by molar-refractivity contribution is 5.82. The normalized spacial score (nSPS) is 30.3. The summed E-state index contributed by atoms with van der Waals surface area (Å²) < 4.78 is 10.2. The first kappa shape index (κ1) is 16.9. The molecule has 24 heavy (non-hydrogen) atoms. The molecule has 1 aromatic heterocycles. The van der Waals surface area contributed by atoms with Crippen molar-refractivity contribution in [3.8, 4) is 5.88 Å². The minimum atomic E-state index is -1.38. The van der Waals surface area contributed by atoms with Gasteiger partial charge in [-0.2, -0.15) is 0 Å². The van der Waals surface area contributed by atoms with E-state index in [1.807, 2.05) is 12.1 Å². The number of pyridine rings is 1. The summed E-state index contributed by atoms with van der Waals surface area (Å²) in [7, 11) is 1.53. The number of nitrogens with zero attached hydrogens (tertiary/aromatic N) is 1. The Bertz CT molecular complexity index is 712. The number of aliphatic hydroxyl groups is 4. The molecule has 1 aliphatic rings. The fourth-order valence-electron chi connectivity index (χ4n) is 2.75. The Balaban J connectivity index is 1.83. The number of aromatic nitrogens is 1. The van der Waals surface area contributed by atoms with Crippen LogP contribution >= 0.6 is 0 Å². The quantitative estimate of drug-likeness (QED) is 0.504. The lowest BCUT2D eigenvalue weighted by atomic mass is 9.97. The molecule has 1 fully saturated rings. The van der Waals surface area contributed by atoms with Gasteiger partial charge in [0.05, 0.1) is 19.2 Å². The Morgan fingerprint density at radius 3 is 2.62 bits per heavy atom. The van der Waals surface area contributed by atoms with Crippen LogP contribution in [0.5, 0.6) is 5.88 Å². The maximum Gasteiger partial charge on any atom is 0.213 e. The summed E-state index contributed by atoms with van der Waals surface area (Å²) in [4.78, 5) is 4.32. The number of fused-ring (bicyclic) bond motifs is 1. The number of hydrogen-bond acceptors (Lipinski definition) is 8. The molecular weight excluding hydrogens is 316 g/mol. The number of benzene rings is 1. The molecule has 0 bridgehead atoms. The van der Waals surface area contributed by atoms with E-state index >= 15 is 0 Å². The van der Waals surface area contributed by atoms with Crippen LogP contribution in [0.15, 0.2) is 30.3 Å². The molecule has 0 saturated carbocycles. The van der Waals surface area contributed by atoms with E-state index in [0.29, 0.717) is 17.1 Å². The smallest absolute Gasteiger partial charge is 0.213 e. The van der Waals surface area contributed by atoms with Gasteiger partial charge in [0, 0.05) is 17.1 Å². The Kier molecular flexibility index (Phi) is 4.83. The molecule has 0 radical (unpaired) electrons.